The number of cyclic esters (lactones) is 2. The van der Waals surface area contributed by atoms with E-state index in [9.17, 15) is 4.79 Å². The first-order valence-electron chi connectivity index (χ1n) is 3.27. The van der Waals surface area contributed by atoms with E-state index in [0.29, 0.717) is 6.61 Å². The maximum absolute atomic E-state index is 10.3. The largest absolute Gasteiger partial charge is 0.508 e. The summed E-state index contributed by atoms with van der Waals surface area (Å²) in [6, 6.07) is 0. The van der Waals surface area contributed by atoms with Gasteiger partial charge in [-0.2, -0.15) is 0 Å². The number of hydrogen-bond donors (Lipinski definition) is 0. The fraction of sp³-hybridized carbons (Fsp3) is 0.571. The van der Waals surface area contributed by atoms with Crippen molar-refractivity contribution in [2.45, 2.75) is 18.9 Å². The Labute approximate surface area is 59.6 Å². The van der Waals surface area contributed by atoms with Crippen molar-refractivity contribution in [1.29, 1.82) is 0 Å². The smallest absolute Gasteiger partial charge is 0.430 e. The molecule has 0 unspecified atom stereocenters. The van der Waals surface area contributed by atoms with Crippen molar-refractivity contribution >= 4 is 6.16 Å². The summed E-state index contributed by atoms with van der Waals surface area (Å²) >= 11 is 0. The predicted octanol–water partition coefficient (Wildman–Crippen LogP) is 1.49. The third-order valence-electron chi connectivity index (χ3n) is 1.34. The fourth-order valence-electron chi connectivity index (χ4n) is 0.811. The van der Waals surface area contributed by atoms with Crippen molar-refractivity contribution in [3.05, 3.63) is 12.7 Å². The van der Waals surface area contributed by atoms with Gasteiger partial charge in [0.25, 0.3) is 0 Å². The van der Waals surface area contributed by atoms with E-state index in [1.807, 2.05) is 0 Å². The summed E-state index contributed by atoms with van der Waals surface area (Å²) in [5.41, 5.74) is 0. The van der Waals surface area contributed by atoms with Gasteiger partial charge in [0.15, 0.2) is 0 Å². The molecule has 1 atom stereocenters. The summed E-state index contributed by atoms with van der Waals surface area (Å²) in [7, 11) is 0. The highest BCUT2D eigenvalue weighted by Gasteiger charge is 2.23. The molecular formula is C7H10O3. The second-order valence-corrected chi connectivity index (χ2v) is 2.17. The summed E-state index contributed by atoms with van der Waals surface area (Å²) < 4.78 is 9.32. The minimum Gasteiger partial charge on any atom is -0.430 e. The Bertz CT molecular complexity index is 142. The molecule has 0 saturated carbocycles. The molecule has 0 spiro atoms. The lowest BCUT2D eigenvalue weighted by Gasteiger charge is -2.01. The lowest BCUT2D eigenvalue weighted by atomic mass is 10.2. The van der Waals surface area contributed by atoms with Crippen LogP contribution in [0, 0.1) is 0 Å². The molecule has 3 nitrogen and oxygen atoms in total. The van der Waals surface area contributed by atoms with E-state index < -0.39 is 6.16 Å². The Balaban J connectivity index is 2.18. The van der Waals surface area contributed by atoms with Gasteiger partial charge in [-0.3, -0.25) is 0 Å². The van der Waals surface area contributed by atoms with Crippen LogP contribution in [0.5, 0.6) is 0 Å². The average molecular weight is 142 g/mol. The minimum atomic E-state index is -0.547. The first-order valence-corrected chi connectivity index (χ1v) is 3.27. The van der Waals surface area contributed by atoms with Gasteiger partial charge in [-0.15, -0.1) is 6.58 Å². The molecule has 1 saturated heterocycles. The summed E-state index contributed by atoms with van der Waals surface area (Å²) in [6.45, 7) is 3.95. The molecule has 1 fully saturated rings. The predicted molar refractivity (Wildman–Crippen MR) is 35.7 cm³/mol. The summed E-state index contributed by atoms with van der Waals surface area (Å²) in [5.74, 6) is 0. The van der Waals surface area contributed by atoms with Crippen LogP contribution in [0.15, 0.2) is 12.7 Å². The highest BCUT2D eigenvalue weighted by Crippen LogP contribution is 2.11. The highest BCUT2D eigenvalue weighted by atomic mass is 16.8. The number of hydrogen-bond acceptors (Lipinski definition) is 3. The molecule has 0 amide bonds. The molecule has 1 heterocycles. The third-order valence-corrected chi connectivity index (χ3v) is 1.34. The molecule has 10 heavy (non-hydrogen) atoms. The van der Waals surface area contributed by atoms with Crippen molar-refractivity contribution in [2.75, 3.05) is 6.61 Å². The monoisotopic (exact) mass is 142 g/mol. The minimum absolute atomic E-state index is 0.0505. The number of allylic oxidation sites excluding steroid dienone is 1. The van der Waals surface area contributed by atoms with Crippen LogP contribution in [-0.2, 0) is 9.47 Å². The second-order valence-electron chi connectivity index (χ2n) is 2.17. The highest BCUT2D eigenvalue weighted by molar-refractivity contribution is 5.61. The molecule has 0 aromatic heterocycles. The SMILES string of the molecule is C=CCC[C@H]1COC(=O)O1. The zero-order valence-electron chi connectivity index (χ0n) is 5.71. The van der Waals surface area contributed by atoms with Crippen LogP contribution in [-0.4, -0.2) is 18.9 Å². The van der Waals surface area contributed by atoms with Crippen LogP contribution >= 0.6 is 0 Å². The lowest BCUT2D eigenvalue weighted by molar-refractivity contribution is 0.116. The van der Waals surface area contributed by atoms with Gasteiger partial charge in [0.1, 0.15) is 12.7 Å². The van der Waals surface area contributed by atoms with Crippen LogP contribution in [0.4, 0.5) is 4.79 Å². The fourth-order valence-corrected chi connectivity index (χ4v) is 0.811. The van der Waals surface area contributed by atoms with Gasteiger partial charge >= 0.3 is 6.16 Å². The summed E-state index contributed by atoms with van der Waals surface area (Å²) in [4.78, 5) is 10.3. The van der Waals surface area contributed by atoms with E-state index in [1.165, 1.54) is 0 Å². The van der Waals surface area contributed by atoms with Crippen molar-refractivity contribution in [3.63, 3.8) is 0 Å². The Morgan fingerprint density at radius 3 is 3.10 bits per heavy atom. The van der Waals surface area contributed by atoms with Gasteiger partial charge < -0.3 is 9.47 Å². The Morgan fingerprint density at radius 1 is 1.80 bits per heavy atom. The third kappa shape index (κ3) is 1.76. The van der Waals surface area contributed by atoms with Crippen molar-refractivity contribution in [3.8, 4) is 0 Å². The molecule has 3 heteroatoms. The number of rotatable bonds is 3. The van der Waals surface area contributed by atoms with Gasteiger partial charge in [-0.25, -0.2) is 4.79 Å². The number of carbonyl (C=O) groups is 1. The Kier molecular flexibility index (Phi) is 2.31. The Morgan fingerprint density at radius 2 is 2.60 bits per heavy atom. The normalized spacial score (nSPS) is 23.6. The lowest BCUT2D eigenvalue weighted by Crippen LogP contribution is -2.08. The van der Waals surface area contributed by atoms with Crippen molar-refractivity contribution in [2.24, 2.45) is 0 Å². The van der Waals surface area contributed by atoms with Gasteiger partial charge in [0, 0.05) is 0 Å². The van der Waals surface area contributed by atoms with Gasteiger partial charge in [0.2, 0.25) is 0 Å². The van der Waals surface area contributed by atoms with E-state index in [2.05, 4.69) is 11.3 Å². The average Bonchev–Trinajstić information content (AvgIpc) is 2.31. The summed E-state index contributed by atoms with van der Waals surface area (Å²) in [6.07, 6.45) is 2.88. The molecule has 1 aliphatic rings. The molecule has 0 bridgehead atoms. The standard InChI is InChI=1S/C7H10O3/c1-2-3-4-6-5-9-7(8)10-6/h2,6H,1,3-5H2/t6-/m0/s1. The maximum Gasteiger partial charge on any atom is 0.508 e. The van der Waals surface area contributed by atoms with E-state index in [-0.39, 0.29) is 6.10 Å². The Hall–Kier alpha value is -0.990. The van der Waals surface area contributed by atoms with Crippen LogP contribution in [0.3, 0.4) is 0 Å². The van der Waals surface area contributed by atoms with Crippen LogP contribution in [0.1, 0.15) is 12.8 Å². The molecule has 0 N–H and O–H groups in total. The van der Waals surface area contributed by atoms with E-state index in [1.54, 1.807) is 6.08 Å². The quantitative estimate of drug-likeness (QED) is 0.442. The molecule has 1 rings (SSSR count). The topological polar surface area (TPSA) is 35.5 Å². The molecular weight excluding hydrogens is 132 g/mol. The number of carbonyl (C=O) groups excluding carboxylic acids is 1. The van der Waals surface area contributed by atoms with Crippen LogP contribution in [0.25, 0.3) is 0 Å². The van der Waals surface area contributed by atoms with Gasteiger partial charge in [-0.05, 0) is 12.8 Å². The van der Waals surface area contributed by atoms with E-state index in [0.717, 1.165) is 12.8 Å². The molecule has 0 radical (unpaired) electrons. The molecule has 0 aromatic carbocycles. The van der Waals surface area contributed by atoms with Crippen molar-refractivity contribution < 1.29 is 14.3 Å². The molecule has 56 valence electrons. The molecule has 0 aromatic rings. The van der Waals surface area contributed by atoms with Crippen molar-refractivity contribution in [1.82, 2.24) is 0 Å². The molecule has 0 aliphatic carbocycles. The van der Waals surface area contributed by atoms with E-state index >= 15 is 0 Å². The number of ether oxygens (including phenoxy) is 2. The van der Waals surface area contributed by atoms with Crippen LogP contribution in [0.2, 0.25) is 0 Å². The molecule has 1 aliphatic heterocycles. The zero-order chi connectivity index (χ0) is 7.40. The van der Waals surface area contributed by atoms with E-state index in [4.69, 9.17) is 4.74 Å². The zero-order valence-corrected chi connectivity index (χ0v) is 5.71. The van der Waals surface area contributed by atoms with Gasteiger partial charge in [0.05, 0.1) is 0 Å². The summed E-state index contributed by atoms with van der Waals surface area (Å²) in [5, 5.41) is 0. The maximum atomic E-state index is 10.3. The first-order chi connectivity index (χ1) is 4.83. The van der Waals surface area contributed by atoms with Gasteiger partial charge in [-0.1, -0.05) is 6.08 Å². The van der Waals surface area contributed by atoms with Crippen LogP contribution < -0.4 is 0 Å². The first kappa shape index (κ1) is 7.12. The second kappa shape index (κ2) is 3.25.